The van der Waals surface area contributed by atoms with Crippen molar-refractivity contribution in [3.05, 3.63) is 89.0 Å². The van der Waals surface area contributed by atoms with Crippen LogP contribution >= 0.6 is 11.3 Å². The van der Waals surface area contributed by atoms with E-state index in [1.54, 1.807) is 30.3 Å². The number of carbonyl (C=O) groups excluding carboxylic acids is 1. The highest BCUT2D eigenvalue weighted by Gasteiger charge is 2.14. The van der Waals surface area contributed by atoms with E-state index in [4.69, 9.17) is 9.47 Å². The Labute approximate surface area is 206 Å². The van der Waals surface area contributed by atoms with Gasteiger partial charge in [0.2, 0.25) is 0 Å². The van der Waals surface area contributed by atoms with Crippen LogP contribution in [0.5, 0.6) is 11.5 Å². The normalized spacial score (nSPS) is 10.9. The molecule has 0 radical (unpaired) electrons. The predicted molar refractivity (Wildman–Crippen MR) is 135 cm³/mol. The van der Waals surface area contributed by atoms with Crippen molar-refractivity contribution >= 4 is 38.7 Å². The zero-order valence-electron chi connectivity index (χ0n) is 18.8. The first kappa shape index (κ1) is 23.5. The van der Waals surface area contributed by atoms with Gasteiger partial charge in [-0.25, -0.2) is 4.98 Å². The Balaban J connectivity index is 1.53. The summed E-state index contributed by atoms with van der Waals surface area (Å²) in [5.41, 5.74) is 2.63. The molecule has 0 spiro atoms. The van der Waals surface area contributed by atoms with Crippen LogP contribution in [0.2, 0.25) is 0 Å². The van der Waals surface area contributed by atoms with E-state index in [1.165, 1.54) is 17.4 Å². The predicted octanol–water partition coefficient (Wildman–Crippen LogP) is 5.69. The third-order valence-electron chi connectivity index (χ3n) is 4.98. The van der Waals surface area contributed by atoms with Gasteiger partial charge < -0.3 is 9.47 Å². The molecule has 0 aliphatic carbocycles. The van der Waals surface area contributed by atoms with Crippen LogP contribution in [0.3, 0.4) is 0 Å². The number of hydrogen-bond acceptors (Lipinski definition) is 7. The molecular weight excluding hydrogens is 460 g/mol. The van der Waals surface area contributed by atoms with Gasteiger partial charge in [-0.2, -0.15) is 10.5 Å². The molecule has 1 N–H and O–H groups in total. The molecule has 0 atom stereocenters. The zero-order chi connectivity index (χ0) is 24.6. The number of rotatable bonds is 8. The summed E-state index contributed by atoms with van der Waals surface area (Å²) in [5.74, 6) is 0.423. The number of anilines is 1. The number of fused-ring (bicyclic) bond motifs is 1. The van der Waals surface area contributed by atoms with Crippen LogP contribution in [0, 0.1) is 22.7 Å². The molecule has 1 amide bonds. The summed E-state index contributed by atoms with van der Waals surface area (Å²) in [6.45, 7) is 2.46. The summed E-state index contributed by atoms with van der Waals surface area (Å²) in [6, 6.07) is 24.0. The lowest BCUT2D eigenvalue weighted by molar-refractivity contribution is -0.112. The van der Waals surface area contributed by atoms with Gasteiger partial charge in [-0.15, -0.1) is 0 Å². The lowest BCUT2D eigenvalue weighted by Gasteiger charge is -2.13. The van der Waals surface area contributed by atoms with E-state index in [-0.39, 0.29) is 12.2 Å². The highest BCUT2D eigenvalue weighted by atomic mass is 32.1. The maximum atomic E-state index is 12.7. The number of hydrogen-bond donors (Lipinski definition) is 1. The standard InChI is InChI=1S/C27H20N4O3S/c1-2-33-24-14-18(11-12-23(24)34-17-20-8-4-3-7-19(20)15-28)13-21(16-29)26(32)31-27-30-22-9-5-6-10-25(22)35-27/h3-14H,2,17H2,1H3,(H,30,31,32)/b21-13+. The molecular formula is C27H20N4O3S. The number of amides is 1. The van der Waals surface area contributed by atoms with Crippen molar-refractivity contribution in [3.63, 3.8) is 0 Å². The maximum Gasteiger partial charge on any atom is 0.268 e. The molecule has 7 nitrogen and oxygen atoms in total. The Morgan fingerprint density at radius 1 is 1.06 bits per heavy atom. The average Bonchev–Trinajstić information content (AvgIpc) is 3.29. The molecule has 0 aliphatic rings. The second-order valence-corrected chi connectivity index (χ2v) is 8.34. The van der Waals surface area contributed by atoms with Gasteiger partial charge in [-0.3, -0.25) is 10.1 Å². The SMILES string of the molecule is CCOc1cc(/C=C(\C#N)C(=O)Nc2nc3ccccc3s2)ccc1OCc1ccccc1C#N. The van der Waals surface area contributed by atoms with Crippen molar-refractivity contribution in [2.45, 2.75) is 13.5 Å². The summed E-state index contributed by atoms with van der Waals surface area (Å²) in [7, 11) is 0. The maximum absolute atomic E-state index is 12.7. The molecule has 0 aliphatic heterocycles. The summed E-state index contributed by atoms with van der Waals surface area (Å²) in [5, 5.41) is 22.0. The highest BCUT2D eigenvalue weighted by Crippen LogP contribution is 2.31. The van der Waals surface area contributed by atoms with Gasteiger partial charge in [-0.1, -0.05) is 47.7 Å². The van der Waals surface area contributed by atoms with Crippen molar-refractivity contribution in [2.24, 2.45) is 0 Å². The minimum Gasteiger partial charge on any atom is -0.490 e. The van der Waals surface area contributed by atoms with Gasteiger partial charge in [0.1, 0.15) is 18.2 Å². The Bertz CT molecular complexity index is 1460. The lowest BCUT2D eigenvalue weighted by Crippen LogP contribution is -2.13. The fourth-order valence-corrected chi connectivity index (χ4v) is 4.18. The van der Waals surface area contributed by atoms with Crippen molar-refractivity contribution in [3.8, 4) is 23.6 Å². The number of ether oxygens (including phenoxy) is 2. The van der Waals surface area contributed by atoms with Gasteiger partial charge in [0.15, 0.2) is 16.6 Å². The fraction of sp³-hybridized carbons (Fsp3) is 0.111. The first-order chi connectivity index (χ1) is 17.1. The second kappa shape index (κ2) is 11.0. The third kappa shape index (κ3) is 5.64. The molecule has 8 heteroatoms. The van der Waals surface area contributed by atoms with E-state index in [9.17, 15) is 15.3 Å². The Morgan fingerprint density at radius 3 is 2.63 bits per heavy atom. The Hall–Kier alpha value is -4.66. The number of carbonyl (C=O) groups is 1. The molecule has 3 aromatic carbocycles. The molecule has 1 heterocycles. The third-order valence-corrected chi connectivity index (χ3v) is 5.93. The van der Waals surface area contributed by atoms with E-state index in [0.29, 0.717) is 34.4 Å². The van der Waals surface area contributed by atoms with Crippen LogP contribution < -0.4 is 14.8 Å². The topological polar surface area (TPSA) is 108 Å². The van der Waals surface area contributed by atoms with Crippen LogP contribution in [0.4, 0.5) is 5.13 Å². The van der Waals surface area contributed by atoms with E-state index < -0.39 is 5.91 Å². The molecule has 0 fully saturated rings. The van der Waals surface area contributed by atoms with Gasteiger partial charge in [-0.05, 0) is 48.9 Å². The number of para-hydroxylation sites is 1. The molecule has 0 saturated heterocycles. The van der Waals surface area contributed by atoms with Crippen LogP contribution in [-0.4, -0.2) is 17.5 Å². The summed E-state index contributed by atoms with van der Waals surface area (Å²) < 4.78 is 12.6. The van der Waals surface area contributed by atoms with Crippen LogP contribution in [0.15, 0.2) is 72.3 Å². The van der Waals surface area contributed by atoms with Crippen molar-refractivity contribution in [1.29, 1.82) is 10.5 Å². The number of nitrogens with zero attached hydrogens (tertiary/aromatic N) is 3. The summed E-state index contributed by atoms with van der Waals surface area (Å²) >= 11 is 1.34. The van der Waals surface area contributed by atoms with Gasteiger partial charge >= 0.3 is 0 Å². The lowest BCUT2D eigenvalue weighted by atomic mass is 10.1. The highest BCUT2D eigenvalue weighted by molar-refractivity contribution is 7.22. The number of aromatic nitrogens is 1. The van der Waals surface area contributed by atoms with Gasteiger partial charge in [0, 0.05) is 5.56 Å². The van der Waals surface area contributed by atoms with Crippen LogP contribution in [0.25, 0.3) is 16.3 Å². The van der Waals surface area contributed by atoms with Crippen molar-refractivity contribution in [2.75, 3.05) is 11.9 Å². The van der Waals surface area contributed by atoms with Crippen molar-refractivity contribution in [1.82, 2.24) is 4.98 Å². The van der Waals surface area contributed by atoms with E-state index in [1.807, 2.05) is 49.4 Å². The number of nitrogens with one attached hydrogen (secondary N) is 1. The summed E-state index contributed by atoms with van der Waals surface area (Å²) in [4.78, 5) is 17.1. The molecule has 4 rings (SSSR count). The number of thiazole rings is 1. The zero-order valence-corrected chi connectivity index (χ0v) is 19.6. The van der Waals surface area contributed by atoms with Crippen LogP contribution in [0.1, 0.15) is 23.6 Å². The molecule has 1 aromatic heterocycles. The number of nitriles is 2. The first-order valence-corrected chi connectivity index (χ1v) is 11.6. The monoisotopic (exact) mass is 480 g/mol. The van der Waals surface area contributed by atoms with Gasteiger partial charge in [0.25, 0.3) is 5.91 Å². The van der Waals surface area contributed by atoms with Crippen LogP contribution in [-0.2, 0) is 11.4 Å². The second-order valence-electron chi connectivity index (χ2n) is 7.31. The van der Waals surface area contributed by atoms with Gasteiger partial charge in [0.05, 0.1) is 28.5 Å². The summed E-state index contributed by atoms with van der Waals surface area (Å²) in [6.07, 6.45) is 1.49. The quantitative estimate of drug-likeness (QED) is 0.256. The molecule has 4 aromatic rings. The minimum absolute atomic E-state index is 0.0664. The Morgan fingerprint density at radius 2 is 1.86 bits per heavy atom. The largest absolute Gasteiger partial charge is 0.490 e. The molecule has 172 valence electrons. The Kier molecular flexibility index (Phi) is 7.37. The number of benzene rings is 3. The van der Waals surface area contributed by atoms with E-state index in [0.717, 1.165) is 15.8 Å². The molecule has 35 heavy (non-hydrogen) atoms. The fourth-order valence-electron chi connectivity index (χ4n) is 3.32. The molecule has 0 bridgehead atoms. The minimum atomic E-state index is -0.544. The smallest absolute Gasteiger partial charge is 0.268 e. The molecule has 0 unspecified atom stereocenters. The average molecular weight is 481 g/mol. The van der Waals surface area contributed by atoms with E-state index in [2.05, 4.69) is 16.4 Å². The van der Waals surface area contributed by atoms with E-state index >= 15 is 0 Å². The van der Waals surface area contributed by atoms with Crippen molar-refractivity contribution < 1.29 is 14.3 Å². The first-order valence-electron chi connectivity index (χ1n) is 10.8. The molecule has 0 saturated carbocycles.